The number of fused-ring (bicyclic) bond motifs is 7. The minimum atomic E-state index is -0.706. The highest BCUT2D eigenvalue weighted by Gasteiger charge is 2.71. The fraction of sp³-hybridized carbons (Fsp3) is 0.867. The van der Waals surface area contributed by atoms with E-state index in [-0.39, 0.29) is 33.5 Å². The SMILES string of the molecule is CC1(C)C=C2C3CCC4C5(C)CCC(=O)C(C)(C)C5C(O)CC4(C)C3(C)CCC2(C(=O)O)CC1. The number of carboxylic acids is 1. The molecule has 5 aliphatic rings. The number of aliphatic carboxylic acids is 1. The Balaban J connectivity index is 1.62. The number of hydrogen-bond donors (Lipinski definition) is 2. The van der Waals surface area contributed by atoms with Crippen LogP contribution in [0.4, 0.5) is 0 Å². The predicted octanol–water partition coefficient (Wildman–Crippen LogP) is 6.41. The lowest BCUT2D eigenvalue weighted by molar-refractivity contribution is -0.243. The fourth-order valence-corrected chi connectivity index (χ4v) is 10.7. The highest BCUT2D eigenvalue weighted by atomic mass is 16.4. The van der Waals surface area contributed by atoms with Gasteiger partial charge in [-0.2, -0.15) is 0 Å². The number of aliphatic hydroxyl groups is 1. The van der Waals surface area contributed by atoms with Crippen LogP contribution in [-0.4, -0.2) is 28.1 Å². The largest absolute Gasteiger partial charge is 0.481 e. The van der Waals surface area contributed by atoms with Crippen molar-refractivity contribution in [3.8, 4) is 0 Å². The van der Waals surface area contributed by atoms with E-state index in [1.165, 1.54) is 5.57 Å². The number of carboxylic acid groups (broad SMARTS) is 1. The lowest BCUT2D eigenvalue weighted by Crippen LogP contribution is -2.69. The van der Waals surface area contributed by atoms with Crippen molar-refractivity contribution in [1.29, 1.82) is 0 Å². The first-order chi connectivity index (χ1) is 15.6. The van der Waals surface area contributed by atoms with Gasteiger partial charge in [-0.1, -0.05) is 60.1 Å². The molecule has 0 aromatic heterocycles. The quantitative estimate of drug-likeness (QED) is 0.434. The summed E-state index contributed by atoms with van der Waals surface area (Å²) < 4.78 is 0. The molecular formula is C30H46O4. The first kappa shape index (κ1) is 24.5. The van der Waals surface area contributed by atoms with Crippen LogP contribution in [0.15, 0.2) is 11.6 Å². The number of aliphatic hydroxyl groups excluding tert-OH is 1. The van der Waals surface area contributed by atoms with Crippen LogP contribution in [0.1, 0.15) is 106 Å². The standard InChI is InChI=1S/C30H46O4/c1-25(2)12-14-30(24(33)34)15-13-28(6)18(19(30)16-25)8-9-21-27(5)11-10-22(32)26(3,4)23(27)20(31)17-29(21,28)7/h16,18,20-21,23,31H,8-15,17H2,1-7H3,(H,33,34). The van der Waals surface area contributed by atoms with Gasteiger partial charge in [0, 0.05) is 17.8 Å². The van der Waals surface area contributed by atoms with Gasteiger partial charge in [0.05, 0.1) is 11.5 Å². The van der Waals surface area contributed by atoms with Crippen LogP contribution < -0.4 is 0 Å². The van der Waals surface area contributed by atoms with Gasteiger partial charge in [-0.15, -0.1) is 0 Å². The van der Waals surface area contributed by atoms with E-state index >= 15 is 0 Å². The molecule has 5 aliphatic carbocycles. The van der Waals surface area contributed by atoms with E-state index < -0.39 is 22.9 Å². The molecule has 190 valence electrons. The first-order valence-electron chi connectivity index (χ1n) is 13.7. The second kappa shape index (κ2) is 6.99. The van der Waals surface area contributed by atoms with Crippen molar-refractivity contribution >= 4 is 11.8 Å². The number of hydrogen-bond acceptors (Lipinski definition) is 3. The number of Topliss-reactive ketones (excluding diaryl/α,β-unsaturated/α-hetero) is 1. The van der Waals surface area contributed by atoms with Crippen molar-refractivity contribution in [2.75, 3.05) is 0 Å². The summed E-state index contributed by atoms with van der Waals surface area (Å²) in [5.74, 6) is 0.358. The molecule has 4 nitrogen and oxygen atoms in total. The van der Waals surface area contributed by atoms with Gasteiger partial charge >= 0.3 is 5.97 Å². The van der Waals surface area contributed by atoms with E-state index in [9.17, 15) is 19.8 Å². The smallest absolute Gasteiger partial charge is 0.313 e. The fourth-order valence-electron chi connectivity index (χ4n) is 10.7. The molecule has 0 radical (unpaired) electrons. The van der Waals surface area contributed by atoms with E-state index in [0.29, 0.717) is 24.5 Å². The molecule has 8 unspecified atom stereocenters. The number of allylic oxidation sites excluding steroid dienone is 1. The Bertz CT molecular complexity index is 961. The minimum Gasteiger partial charge on any atom is -0.481 e. The summed E-state index contributed by atoms with van der Waals surface area (Å²) in [5, 5.41) is 22.2. The zero-order valence-corrected chi connectivity index (χ0v) is 22.5. The summed E-state index contributed by atoms with van der Waals surface area (Å²) in [6.45, 7) is 15.8. The van der Waals surface area contributed by atoms with Gasteiger partial charge in [-0.25, -0.2) is 0 Å². The van der Waals surface area contributed by atoms with Gasteiger partial charge < -0.3 is 10.2 Å². The molecule has 0 spiro atoms. The molecule has 0 bridgehead atoms. The molecular weight excluding hydrogens is 424 g/mol. The normalized spacial score (nSPS) is 51.3. The van der Waals surface area contributed by atoms with Crippen molar-refractivity contribution in [2.45, 2.75) is 112 Å². The monoisotopic (exact) mass is 470 g/mol. The lowest BCUT2D eigenvalue weighted by atomic mass is 9.32. The molecule has 4 fully saturated rings. The summed E-state index contributed by atoms with van der Waals surface area (Å²) in [6, 6.07) is 0. The van der Waals surface area contributed by atoms with Crippen LogP contribution in [0.5, 0.6) is 0 Å². The van der Waals surface area contributed by atoms with Crippen molar-refractivity contribution in [3.05, 3.63) is 11.6 Å². The van der Waals surface area contributed by atoms with E-state index in [1.807, 2.05) is 0 Å². The van der Waals surface area contributed by atoms with Gasteiger partial charge in [-0.05, 0) is 84.9 Å². The molecule has 34 heavy (non-hydrogen) atoms. The second-order valence-electron chi connectivity index (χ2n) is 14.9. The average molecular weight is 471 g/mol. The van der Waals surface area contributed by atoms with Gasteiger partial charge in [0.15, 0.2) is 0 Å². The molecule has 4 saturated carbocycles. The van der Waals surface area contributed by atoms with Crippen molar-refractivity contribution in [1.82, 2.24) is 0 Å². The van der Waals surface area contributed by atoms with Gasteiger partial charge in [0.1, 0.15) is 5.78 Å². The van der Waals surface area contributed by atoms with Crippen molar-refractivity contribution < 1.29 is 19.8 Å². The lowest BCUT2D eigenvalue weighted by Gasteiger charge is -2.72. The molecule has 0 saturated heterocycles. The minimum absolute atomic E-state index is 0.00555. The Hall–Kier alpha value is -1.16. The van der Waals surface area contributed by atoms with Crippen LogP contribution in [0.3, 0.4) is 0 Å². The van der Waals surface area contributed by atoms with Crippen LogP contribution in [0, 0.1) is 50.2 Å². The third-order valence-electron chi connectivity index (χ3n) is 12.6. The Morgan fingerprint density at radius 1 is 0.912 bits per heavy atom. The predicted molar refractivity (Wildman–Crippen MR) is 133 cm³/mol. The molecule has 0 aromatic carbocycles. The maximum absolute atomic E-state index is 12.9. The zero-order chi connectivity index (χ0) is 25.1. The number of ketones is 1. The Morgan fingerprint density at radius 2 is 1.56 bits per heavy atom. The molecule has 0 amide bonds. The van der Waals surface area contributed by atoms with Crippen LogP contribution in [0.2, 0.25) is 0 Å². The summed E-state index contributed by atoms with van der Waals surface area (Å²) in [6.07, 6.45) is 9.43. The highest BCUT2D eigenvalue weighted by Crippen LogP contribution is 2.76. The molecule has 8 atom stereocenters. The molecule has 0 aliphatic heterocycles. The average Bonchev–Trinajstić information content (AvgIpc) is 2.70. The number of carbonyl (C=O) groups excluding carboxylic acids is 1. The summed E-state index contributed by atoms with van der Waals surface area (Å²) in [5.41, 5.74) is -0.168. The van der Waals surface area contributed by atoms with Crippen LogP contribution in [-0.2, 0) is 9.59 Å². The second-order valence-corrected chi connectivity index (χ2v) is 14.9. The summed E-state index contributed by atoms with van der Waals surface area (Å²) in [4.78, 5) is 25.7. The van der Waals surface area contributed by atoms with Gasteiger partial charge in [-0.3, -0.25) is 9.59 Å². The third-order valence-corrected chi connectivity index (χ3v) is 12.6. The van der Waals surface area contributed by atoms with Crippen LogP contribution in [0.25, 0.3) is 0 Å². The Morgan fingerprint density at radius 3 is 2.21 bits per heavy atom. The van der Waals surface area contributed by atoms with E-state index in [1.54, 1.807) is 0 Å². The van der Waals surface area contributed by atoms with Gasteiger partial charge in [0.2, 0.25) is 0 Å². The molecule has 4 heteroatoms. The molecule has 0 aromatic rings. The highest BCUT2D eigenvalue weighted by molar-refractivity contribution is 5.85. The topological polar surface area (TPSA) is 74.6 Å². The molecule has 0 heterocycles. The van der Waals surface area contributed by atoms with Crippen LogP contribution >= 0.6 is 0 Å². The van der Waals surface area contributed by atoms with Crippen molar-refractivity contribution in [3.63, 3.8) is 0 Å². The van der Waals surface area contributed by atoms with Gasteiger partial charge in [0.25, 0.3) is 0 Å². The number of carbonyl (C=O) groups is 2. The molecule has 5 rings (SSSR count). The Labute approximate surface area is 206 Å². The molecule has 2 N–H and O–H groups in total. The Kier molecular flexibility index (Phi) is 5.04. The van der Waals surface area contributed by atoms with Crippen molar-refractivity contribution in [2.24, 2.45) is 50.2 Å². The summed E-state index contributed by atoms with van der Waals surface area (Å²) >= 11 is 0. The third kappa shape index (κ3) is 2.81. The number of rotatable bonds is 1. The zero-order valence-electron chi connectivity index (χ0n) is 22.5. The van der Waals surface area contributed by atoms with E-state index in [0.717, 1.165) is 44.9 Å². The first-order valence-corrected chi connectivity index (χ1v) is 13.7. The van der Waals surface area contributed by atoms with E-state index in [4.69, 9.17) is 0 Å². The maximum atomic E-state index is 12.9. The summed E-state index contributed by atoms with van der Waals surface area (Å²) in [7, 11) is 0. The maximum Gasteiger partial charge on any atom is 0.313 e. The van der Waals surface area contributed by atoms with E-state index in [2.05, 4.69) is 54.5 Å².